The molecule has 0 saturated carbocycles. The van der Waals surface area contributed by atoms with Crippen LogP contribution in [0.1, 0.15) is 41.0 Å². The van der Waals surface area contributed by atoms with E-state index in [1.54, 1.807) is 7.11 Å². The molecule has 3 nitrogen and oxygen atoms in total. The fourth-order valence-corrected chi connectivity index (χ4v) is 1.81. The van der Waals surface area contributed by atoms with Crippen LogP contribution < -0.4 is 5.32 Å². The number of nitrogens with zero attached hydrogens (tertiary/aromatic N) is 1. The lowest BCUT2D eigenvalue weighted by Crippen LogP contribution is -2.45. The van der Waals surface area contributed by atoms with Crippen molar-refractivity contribution >= 4 is 0 Å². The first-order valence-electron chi connectivity index (χ1n) is 6.97. The predicted octanol–water partition coefficient (Wildman–Crippen LogP) is 2.37. The number of hydrogen-bond acceptors (Lipinski definition) is 3. The minimum Gasteiger partial charge on any atom is -0.383 e. The summed E-state index contributed by atoms with van der Waals surface area (Å²) < 4.78 is 5.19. The molecule has 17 heavy (non-hydrogen) atoms. The van der Waals surface area contributed by atoms with Crippen LogP contribution in [0.5, 0.6) is 0 Å². The van der Waals surface area contributed by atoms with E-state index in [0.29, 0.717) is 18.0 Å². The lowest BCUT2D eigenvalue weighted by Gasteiger charge is -2.31. The van der Waals surface area contributed by atoms with Crippen LogP contribution >= 0.6 is 0 Å². The van der Waals surface area contributed by atoms with Crippen LogP contribution in [0.25, 0.3) is 0 Å². The fraction of sp³-hybridized carbons (Fsp3) is 1.00. The molecule has 0 aromatic heterocycles. The van der Waals surface area contributed by atoms with Crippen molar-refractivity contribution in [1.82, 2.24) is 10.2 Å². The molecule has 0 aliphatic rings. The summed E-state index contributed by atoms with van der Waals surface area (Å²) in [6.07, 6.45) is 1.19. The molecular weight excluding hydrogens is 212 g/mol. The Morgan fingerprint density at radius 1 is 1.18 bits per heavy atom. The summed E-state index contributed by atoms with van der Waals surface area (Å²) in [5, 5.41) is 3.58. The van der Waals surface area contributed by atoms with Crippen molar-refractivity contribution in [2.24, 2.45) is 5.92 Å². The van der Waals surface area contributed by atoms with E-state index in [0.717, 1.165) is 26.2 Å². The maximum absolute atomic E-state index is 5.19. The monoisotopic (exact) mass is 244 g/mol. The number of rotatable bonds is 10. The maximum Gasteiger partial charge on any atom is 0.0589 e. The summed E-state index contributed by atoms with van der Waals surface area (Å²) in [7, 11) is 1.77. The molecule has 0 spiro atoms. The molecule has 0 saturated heterocycles. The molecule has 0 bridgehead atoms. The first kappa shape index (κ1) is 16.9. The molecule has 0 aliphatic heterocycles. The molecule has 0 amide bonds. The van der Waals surface area contributed by atoms with Crippen molar-refractivity contribution in [3.05, 3.63) is 0 Å². The average Bonchev–Trinajstić information content (AvgIpc) is 2.30. The summed E-state index contributed by atoms with van der Waals surface area (Å²) in [6, 6.07) is 1.18. The minimum atomic E-state index is 0.571. The van der Waals surface area contributed by atoms with E-state index < -0.39 is 0 Å². The van der Waals surface area contributed by atoms with Gasteiger partial charge in [0.1, 0.15) is 0 Å². The van der Waals surface area contributed by atoms with Crippen molar-refractivity contribution < 1.29 is 4.74 Å². The predicted molar refractivity (Wildman–Crippen MR) is 75.5 cm³/mol. The average molecular weight is 244 g/mol. The Balaban J connectivity index is 4.06. The molecular formula is C14H32N2O. The molecule has 1 N–H and O–H groups in total. The van der Waals surface area contributed by atoms with Gasteiger partial charge in [0.2, 0.25) is 0 Å². The van der Waals surface area contributed by atoms with E-state index in [1.165, 1.54) is 6.42 Å². The Morgan fingerprint density at radius 2 is 1.82 bits per heavy atom. The normalized spacial score (nSPS) is 15.5. The zero-order chi connectivity index (χ0) is 13.3. The van der Waals surface area contributed by atoms with Gasteiger partial charge < -0.3 is 10.1 Å². The van der Waals surface area contributed by atoms with Gasteiger partial charge in [0.05, 0.1) is 6.61 Å². The SMILES string of the molecule is CCC(C)NCC(C)N(CCOC)CC(C)C. The van der Waals surface area contributed by atoms with E-state index in [1.807, 2.05) is 0 Å². The topological polar surface area (TPSA) is 24.5 Å². The van der Waals surface area contributed by atoms with Crippen molar-refractivity contribution in [3.63, 3.8) is 0 Å². The lowest BCUT2D eigenvalue weighted by molar-refractivity contribution is 0.113. The highest BCUT2D eigenvalue weighted by molar-refractivity contribution is 4.72. The third kappa shape index (κ3) is 8.58. The van der Waals surface area contributed by atoms with Gasteiger partial charge in [-0.15, -0.1) is 0 Å². The van der Waals surface area contributed by atoms with E-state index in [4.69, 9.17) is 4.74 Å². The second-order valence-electron chi connectivity index (χ2n) is 5.45. The molecule has 0 aromatic carbocycles. The third-order valence-corrected chi connectivity index (χ3v) is 3.18. The van der Waals surface area contributed by atoms with Crippen LogP contribution in [-0.4, -0.2) is 50.3 Å². The Hall–Kier alpha value is -0.120. The molecule has 3 heteroatoms. The van der Waals surface area contributed by atoms with E-state index in [-0.39, 0.29) is 0 Å². The van der Waals surface area contributed by atoms with Gasteiger partial charge in [0, 0.05) is 38.8 Å². The van der Waals surface area contributed by atoms with Crippen LogP contribution in [0, 0.1) is 5.92 Å². The zero-order valence-electron chi connectivity index (χ0n) is 12.6. The number of methoxy groups -OCH3 is 1. The molecule has 0 heterocycles. The molecule has 2 atom stereocenters. The highest BCUT2D eigenvalue weighted by Crippen LogP contribution is 2.04. The van der Waals surface area contributed by atoms with Crippen LogP contribution in [0.3, 0.4) is 0 Å². The second-order valence-corrected chi connectivity index (χ2v) is 5.45. The van der Waals surface area contributed by atoms with Crippen LogP contribution in [0.15, 0.2) is 0 Å². The molecule has 104 valence electrons. The van der Waals surface area contributed by atoms with Crippen LogP contribution in [0.2, 0.25) is 0 Å². The van der Waals surface area contributed by atoms with E-state index in [9.17, 15) is 0 Å². The van der Waals surface area contributed by atoms with Crippen LogP contribution in [-0.2, 0) is 4.74 Å². The van der Waals surface area contributed by atoms with E-state index >= 15 is 0 Å². The highest BCUT2D eigenvalue weighted by atomic mass is 16.5. The number of ether oxygens (including phenoxy) is 1. The first-order chi connectivity index (χ1) is 8.01. The molecule has 0 aromatic rings. The Kier molecular flexibility index (Phi) is 9.79. The Bertz CT molecular complexity index is 174. The summed E-state index contributed by atoms with van der Waals surface area (Å²) in [5.74, 6) is 0.706. The van der Waals surface area contributed by atoms with Gasteiger partial charge in [0.25, 0.3) is 0 Å². The van der Waals surface area contributed by atoms with Gasteiger partial charge in [-0.2, -0.15) is 0 Å². The number of nitrogens with one attached hydrogen (secondary N) is 1. The van der Waals surface area contributed by atoms with Gasteiger partial charge in [-0.05, 0) is 26.2 Å². The fourth-order valence-electron chi connectivity index (χ4n) is 1.81. The third-order valence-electron chi connectivity index (χ3n) is 3.18. The van der Waals surface area contributed by atoms with Gasteiger partial charge >= 0.3 is 0 Å². The zero-order valence-corrected chi connectivity index (χ0v) is 12.6. The standard InChI is InChI=1S/C14H32N2O/c1-7-13(4)15-10-14(5)16(8-9-17-6)11-12(2)3/h12-15H,7-11H2,1-6H3. The van der Waals surface area contributed by atoms with Gasteiger partial charge in [-0.3, -0.25) is 4.90 Å². The minimum absolute atomic E-state index is 0.571. The molecule has 2 unspecified atom stereocenters. The lowest BCUT2D eigenvalue weighted by atomic mass is 10.1. The van der Waals surface area contributed by atoms with Crippen molar-refractivity contribution in [1.29, 1.82) is 0 Å². The molecule has 0 rings (SSSR count). The maximum atomic E-state index is 5.19. The summed E-state index contributed by atoms with van der Waals surface area (Å²) in [6.45, 7) is 15.4. The summed E-state index contributed by atoms with van der Waals surface area (Å²) >= 11 is 0. The van der Waals surface area contributed by atoms with Crippen molar-refractivity contribution in [2.75, 3.05) is 33.4 Å². The highest BCUT2D eigenvalue weighted by Gasteiger charge is 2.15. The Labute approximate surface area is 108 Å². The number of hydrogen-bond donors (Lipinski definition) is 1. The smallest absolute Gasteiger partial charge is 0.0589 e. The quantitative estimate of drug-likeness (QED) is 0.638. The molecule has 0 fully saturated rings. The Morgan fingerprint density at radius 3 is 2.29 bits per heavy atom. The molecule has 0 radical (unpaired) electrons. The molecule has 0 aliphatic carbocycles. The van der Waals surface area contributed by atoms with E-state index in [2.05, 4.69) is 44.8 Å². The summed E-state index contributed by atoms with van der Waals surface area (Å²) in [5.41, 5.74) is 0. The van der Waals surface area contributed by atoms with Crippen molar-refractivity contribution in [3.8, 4) is 0 Å². The second kappa shape index (κ2) is 9.86. The largest absolute Gasteiger partial charge is 0.383 e. The first-order valence-corrected chi connectivity index (χ1v) is 6.97. The van der Waals surface area contributed by atoms with Gasteiger partial charge in [-0.1, -0.05) is 20.8 Å². The van der Waals surface area contributed by atoms with Crippen molar-refractivity contribution in [2.45, 2.75) is 53.1 Å². The van der Waals surface area contributed by atoms with Gasteiger partial charge in [-0.25, -0.2) is 0 Å². The summed E-state index contributed by atoms with van der Waals surface area (Å²) in [4.78, 5) is 2.52. The van der Waals surface area contributed by atoms with Crippen LogP contribution in [0.4, 0.5) is 0 Å². The van der Waals surface area contributed by atoms with Gasteiger partial charge in [0.15, 0.2) is 0 Å².